The molecular weight excluding hydrogens is 507 g/mol. The third-order valence-electron chi connectivity index (χ3n) is 7.15. The van der Waals surface area contributed by atoms with Gasteiger partial charge in [0.15, 0.2) is 0 Å². The van der Waals surface area contributed by atoms with Crippen LogP contribution in [0.25, 0.3) is 11.3 Å². The SMILES string of the molecule is CCn1nc(Oc2ccc(C(F)(F)F)cc2)cc1-c1cccc(C2(N(CC3CCC3)S(=O)O)COC2)c1. The van der Waals surface area contributed by atoms with Gasteiger partial charge < -0.3 is 9.47 Å². The monoisotopic (exact) mass is 535 g/mol. The second-order valence-corrected chi connectivity index (χ2v) is 10.4. The molecule has 0 radical (unpaired) electrons. The summed E-state index contributed by atoms with van der Waals surface area (Å²) in [7, 11) is 0. The molecule has 1 unspecified atom stereocenters. The van der Waals surface area contributed by atoms with Crippen molar-refractivity contribution in [2.45, 2.75) is 44.4 Å². The first-order valence-electron chi connectivity index (χ1n) is 12.2. The number of halogens is 3. The molecule has 198 valence electrons. The lowest BCUT2D eigenvalue weighted by molar-refractivity contribution is -0.137. The molecule has 7 nitrogen and oxygen atoms in total. The molecule has 1 aliphatic carbocycles. The molecule has 1 atom stereocenters. The zero-order chi connectivity index (χ0) is 26.2. The Hall–Kier alpha value is -2.73. The Morgan fingerprint density at radius 3 is 2.46 bits per heavy atom. The summed E-state index contributed by atoms with van der Waals surface area (Å²) in [6, 6.07) is 14.0. The summed E-state index contributed by atoms with van der Waals surface area (Å²) in [4.78, 5) is 0. The molecule has 0 bridgehead atoms. The van der Waals surface area contributed by atoms with Crippen LogP contribution >= 0.6 is 0 Å². The van der Waals surface area contributed by atoms with Crippen molar-refractivity contribution in [1.29, 1.82) is 0 Å². The van der Waals surface area contributed by atoms with Crippen molar-refractivity contribution in [3.05, 3.63) is 65.7 Å². The predicted octanol–water partition coefficient (Wildman–Crippen LogP) is 5.85. The molecule has 1 saturated carbocycles. The molecule has 2 aliphatic rings. The number of ether oxygens (including phenoxy) is 2. The molecule has 2 aromatic carbocycles. The van der Waals surface area contributed by atoms with Gasteiger partial charge in [0.1, 0.15) is 11.3 Å². The molecule has 11 heteroatoms. The molecule has 1 saturated heterocycles. The van der Waals surface area contributed by atoms with Crippen LogP contribution in [-0.2, 0) is 34.3 Å². The van der Waals surface area contributed by atoms with Crippen LogP contribution in [0.1, 0.15) is 37.3 Å². The van der Waals surface area contributed by atoms with Crippen LogP contribution in [0.2, 0.25) is 0 Å². The van der Waals surface area contributed by atoms with E-state index in [1.165, 1.54) is 12.1 Å². The Kier molecular flexibility index (Phi) is 7.14. The van der Waals surface area contributed by atoms with Gasteiger partial charge in [-0.3, -0.25) is 9.23 Å². The first kappa shape index (κ1) is 25.9. The van der Waals surface area contributed by atoms with Crippen LogP contribution in [-0.4, -0.2) is 42.6 Å². The van der Waals surface area contributed by atoms with Gasteiger partial charge in [0, 0.05) is 24.7 Å². The highest BCUT2D eigenvalue weighted by molar-refractivity contribution is 7.76. The summed E-state index contributed by atoms with van der Waals surface area (Å²) in [6.45, 7) is 3.65. The van der Waals surface area contributed by atoms with Crippen LogP contribution in [0, 0.1) is 5.92 Å². The summed E-state index contributed by atoms with van der Waals surface area (Å²) in [5.41, 5.74) is 1.04. The van der Waals surface area contributed by atoms with E-state index in [9.17, 15) is 21.9 Å². The molecule has 1 N–H and O–H groups in total. The van der Waals surface area contributed by atoms with Crippen LogP contribution in [0.15, 0.2) is 54.6 Å². The minimum atomic E-state index is -4.42. The van der Waals surface area contributed by atoms with E-state index in [-0.39, 0.29) is 11.6 Å². The summed E-state index contributed by atoms with van der Waals surface area (Å²) >= 11 is -2.15. The van der Waals surface area contributed by atoms with Gasteiger partial charge in [-0.2, -0.15) is 17.5 Å². The maximum atomic E-state index is 12.9. The number of aromatic nitrogens is 2. The molecule has 2 fully saturated rings. The van der Waals surface area contributed by atoms with Crippen molar-refractivity contribution in [2.24, 2.45) is 5.92 Å². The minimum absolute atomic E-state index is 0.247. The normalized spacial score (nSPS) is 18.3. The fourth-order valence-corrected chi connectivity index (χ4v) is 5.61. The van der Waals surface area contributed by atoms with E-state index in [0.717, 1.165) is 48.2 Å². The standard InChI is InChI=1S/C26H28F3N3O4S/c1-2-31-23(14-24(30-31)36-22-11-9-20(10-12-22)26(27,28)29)19-7-4-8-21(13-19)25(16-35-17-25)32(37(33)34)15-18-5-3-6-18/h4,7-14,18H,2-3,5-6,15-17H2,1H3,(H,33,34). The van der Waals surface area contributed by atoms with Crippen LogP contribution < -0.4 is 4.74 Å². The number of benzene rings is 2. The summed E-state index contributed by atoms with van der Waals surface area (Å²) in [5, 5.41) is 4.47. The fourth-order valence-electron chi connectivity index (χ4n) is 4.77. The van der Waals surface area contributed by atoms with E-state index < -0.39 is 28.5 Å². The van der Waals surface area contributed by atoms with Gasteiger partial charge in [0.05, 0.1) is 24.5 Å². The van der Waals surface area contributed by atoms with Gasteiger partial charge in [-0.1, -0.05) is 24.6 Å². The van der Waals surface area contributed by atoms with Gasteiger partial charge in [-0.25, -0.2) is 4.21 Å². The van der Waals surface area contributed by atoms with Gasteiger partial charge in [-0.15, -0.1) is 5.10 Å². The molecule has 37 heavy (non-hydrogen) atoms. The average molecular weight is 536 g/mol. The highest BCUT2D eigenvalue weighted by atomic mass is 32.2. The third-order valence-corrected chi connectivity index (χ3v) is 8.03. The van der Waals surface area contributed by atoms with Crippen molar-refractivity contribution in [3.8, 4) is 22.9 Å². The maximum Gasteiger partial charge on any atom is 0.416 e. The van der Waals surface area contributed by atoms with Crippen LogP contribution in [0.3, 0.4) is 0 Å². The largest absolute Gasteiger partial charge is 0.438 e. The summed E-state index contributed by atoms with van der Waals surface area (Å²) < 4.78 is 75.8. The second-order valence-electron chi connectivity index (χ2n) is 9.50. The highest BCUT2D eigenvalue weighted by Crippen LogP contribution is 2.41. The van der Waals surface area contributed by atoms with E-state index in [2.05, 4.69) is 5.10 Å². The maximum absolute atomic E-state index is 12.9. The van der Waals surface area contributed by atoms with E-state index in [4.69, 9.17) is 9.47 Å². The zero-order valence-electron chi connectivity index (χ0n) is 20.3. The Bertz CT molecular complexity index is 1270. The summed E-state index contributed by atoms with van der Waals surface area (Å²) in [5.74, 6) is 0.909. The Labute approximate surface area is 215 Å². The number of nitrogens with zero attached hydrogens (tertiary/aromatic N) is 3. The van der Waals surface area contributed by atoms with Gasteiger partial charge in [0.2, 0.25) is 17.1 Å². The minimum Gasteiger partial charge on any atom is -0.438 e. The van der Waals surface area contributed by atoms with Crippen molar-refractivity contribution in [1.82, 2.24) is 14.1 Å². The van der Waals surface area contributed by atoms with Gasteiger partial charge >= 0.3 is 6.18 Å². The number of rotatable bonds is 9. The molecule has 0 amide bonds. The van der Waals surface area contributed by atoms with Gasteiger partial charge in [0.25, 0.3) is 0 Å². The Morgan fingerprint density at radius 2 is 1.92 bits per heavy atom. The lowest BCUT2D eigenvalue weighted by Crippen LogP contribution is -2.61. The average Bonchev–Trinajstić information content (AvgIpc) is 3.22. The molecule has 3 aromatic rings. The quantitative estimate of drug-likeness (QED) is 0.348. The van der Waals surface area contributed by atoms with E-state index >= 15 is 0 Å². The van der Waals surface area contributed by atoms with Crippen molar-refractivity contribution < 1.29 is 31.4 Å². The summed E-state index contributed by atoms with van der Waals surface area (Å²) in [6.07, 6.45) is -1.16. The Balaban J connectivity index is 1.42. The topological polar surface area (TPSA) is 76.8 Å². The molecule has 1 aromatic heterocycles. The lowest BCUT2D eigenvalue weighted by Gasteiger charge is -2.49. The third kappa shape index (κ3) is 5.18. The van der Waals surface area contributed by atoms with E-state index in [1.807, 2.05) is 31.2 Å². The number of alkyl halides is 3. The Morgan fingerprint density at radius 1 is 1.19 bits per heavy atom. The van der Waals surface area contributed by atoms with Gasteiger partial charge in [-0.05, 0) is 61.6 Å². The molecule has 5 rings (SSSR count). The van der Waals surface area contributed by atoms with Crippen LogP contribution in [0.4, 0.5) is 13.2 Å². The van der Waals surface area contributed by atoms with Crippen molar-refractivity contribution in [2.75, 3.05) is 19.8 Å². The zero-order valence-corrected chi connectivity index (χ0v) is 21.1. The second kappa shape index (κ2) is 10.2. The smallest absolute Gasteiger partial charge is 0.416 e. The predicted molar refractivity (Wildman–Crippen MR) is 132 cm³/mol. The first-order valence-corrected chi connectivity index (χ1v) is 13.3. The van der Waals surface area contributed by atoms with Crippen molar-refractivity contribution in [3.63, 3.8) is 0 Å². The number of hydrogen-bond donors (Lipinski definition) is 1. The highest BCUT2D eigenvalue weighted by Gasteiger charge is 2.49. The molecular formula is C26H28F3N3O4S. The lowest BCUT2D eigenvalue weighted by atomic mass is 9.82. The van der Waals surface area contributed by atoms with Crippen LogP contribution in [0.5, 0.6) is 11.6 Å². The van der Waals surface area contributed by atoms with E-state index in [1.54, 1.807) is 15.1 Å². The molecule has 0 spiro atoms. The fraction of sp³-hybridized carbons (Fsp3) is 0.423. The van der Waals surface area contributed by atoms with Crippen molar-refractivity contribution >= 4 is 11.3 Å². The number of aryl methyl sites for hydroxylation is 1. The first-order chi connectivity index (χ1) is 17.7. The van der Waals surface area contributed by atoms with E-state index in [0.29, 0.717) is 32.2 Å². The number of hydrogen-bond acceptors (Lipinski definition) is 4. The molecule has 1 aliphatic heterocycles. The molecule has 2 heterocycles.